The van der Waals surface area contributed by atoms with Gasteiger partial charge in [-0.3, -0.25) is 4.57 Å². The van der Waals surface area contributed by atoms with Gasteiger partial charge in [-0.1, -0.05) is 20.3 Å². The predicted octanol–water partition coefficient (Wildman–Crippen LogP) is 2.30. The summed E-state index contributed by atoms with van der Waals surface area (Å²) in [5.41, 5.74) is 0.255. The Kier molecular flexibility index (Phi) is 5.12. The maximum absolute atomic E-state index is 10.9. The molecular formula is C6H15O2P. The minimum absolute atomic E-state index is 0.255. The van der Waals surface area contributed by atoms with Gasteiger partial charge >= 0.3 is 0 Å². The Hall–Kier alpha value is 0.190. The van der Waals surface area contributed by atoms with Gasteiger partial charge in [0.05, 0.1) is 0 Å². The van der Waals surface area contributed by atoms with E-state index in [4.69, 9.17) is 4.52 Å². The van der Waals surface area contributed by atoms with Gasteiger partial charge in [-0.05, 0) is 6.42 Å². The average molecular weight is 150 g/mol. The largest absolute Gasteiger partial charge is 0.334 e. The van der Waals surface area contributed by atoms with E-state index in [2.05, 4.69) is 6.92 Å². The molecule has 0 aromatic carbocycles. The second-order valence-corrected chi connectivity index (χ2v) is 4.24. The van der Waals surface area contributed by atoms with Crippen molar-refractivity contribution in [2.75, 3.05) is 7.11 Å². The fourth-order valence-corrected chi connectivity index (χ4v) is 1.68. The van der Waals surface area contributed by atoms with Crippen LogP contribution in [0.3, 0.4) is 0 Å². The van der Waals surface area contributed by atoms with E-state index in [9.17, 15) is 4.57 Å². The van der Waals surface area contributed by atoms with Crippen LogP contribution in [-0.4, -0.2) is 12.8 Å². The van der Waals surface area contributed by atoms with Gasteiger partial charge in [0.15, 0.2) is 8.03 Å². The Bertz CT molecular complexity index is 93.1. The molecule has 0 spiro atoms. The molecule has 2 atom stereocenters. The fourth-order valence-electron chi connectivity index (χ4n) is 0.752. The third-order valence-electron chi connectivity index (χ3n) is 1.33. The molecule has 0 aromatic heterocycles. The van der Waals surface area contributed by atoms with Crippen molar-refractivity contribution in [1.29, 1.82) is 0 Å². The normalized spacial score (nSPS) is 17.2. The zero-order valence-corrected chi connectivity index (χ0v) is 7.31. The maximum atomic E-state index is 10.9. The quantitative estimate of drug-likeness (QED) is 0.575. The van der Waals surface area contributed by atoms with Crippen molar-refractivity contribution in [3.05, 3.63) is 0 Å². The Morgan fingerprint density at radius 1 is 1.67 bits per heavy atom. The van der Waals surface area contributed by atoms with Crippen LogP contribution in [0.15, 0.2) is 0 Å². The van der Waals surface area contributed by atoms with E-state index in [1.807, 2.05) is 6.92 Å². The lowest BCUT2D eigenvalue weighted by Crippen LogP contribution is -1.94. The van der Waals surface area contributed by atoms with Crippen molar-refractivity contribution in [2.24, 2.45) is 0 Å². The molecule has 0 aromatic rings. The molecular weight excluding hydrogens is 135 g/mol. The van der Waals surface area contributed by atoms with Crippen molar-refractivity contribution in [2.45, 2.75) is 32.3 Å². The molecule has 2 nitrogen and oxygen atoms in total. The van der Waals surface area contributed by atoms with Crippen LogP contribution in [-0.2, 0) is 9.09 Å². The van der Waals surface area contributed by atoms with Crippen LogP contribution >= 0.6 is 8.03 Å². The summed E-state index contributed by atoms with van der Waals surface area (Å²) in [5.74, 6) is 0. The highest BCUT2D eigenvalue weighted by molar-refractivity contribution is 7.39. The van der Waals surface area contributed by atoms with Crippen LogP contribution in [0.2, 0.25) is 0 Å². The first-order valence-electron chi connectivity index (χ1n) is 3.30. The van der Waals surface area contributed by atoms with Crippen molar-refractivity contribution in [3.63, 3.8) is 0 Å². The first kappa shape index (κ1) is 9.19. The summed E-state index contributed by atoms with van der Waals surface area (Å²) < 4.78 is 15.6. The molecule has 9 heavy (non-hydrogen) atoms. The summed E-state index contributed by atoms with van der Waals surface area (Å²) >= 11 is 0. The first-order valence-corrected chi connectivity index (χ1v) is 4.69. The first-order chi connectivity index (χ1) is 4.22. The topological polar surface area (TPSA) is 26.3 Å². The molecule has 56 valence electrons. The lowest BCUT2D eigenvalue weighted by atomic mass is 10.3. The van der Waals surface area contributed by atoms with Crippen molar-refractivity contribution >= 4 is 8.03 Å². The minimum atomic E-state index is -1.72. The van der Waals surface area contributed by atoms with E-state index in [0.717, 1.165) is 12.8 Å². The van der Waals surface area contributed by atoms with Gasteiger partial charge in [0.1, 0.15) is 0 Å². The smallest absolute Gasteiger partial charge is 0.194 e. The molecule has 0 heterocycles. The Morgan fingerprint density at radius 2 is 2.22 bits per heavy atom. The Balaban J connectivity index is 3.45. The SMILES string of the molecule is CCCC(C)[PH](=O)OC. The van der Waals surface area contributed by atoms with Gasteiger partial charge in [0.2, 0.25) is 0 Å². The second-order valence-electron chi connectivity index (χ2n) is 2.21. The van der Waals surface area contributed by atoms with E-state index in [0.29, 0.717) is 0 Å². The van der Waals surface area contributed by atoms with Crippen LogP contribution < -0.4 is 0 Å². The molecule has 0 rings (SSSR count). The highest BCUT2D eigenvalue weighted by Gasteiger charge is 2.06. The molecule has 0 saturated carbocycles. The third kappa shape index (κ3) is 3.72. The summed E-state index contributed by atoms with van der Waals surface area (Å²) in [7, 11) is -0.212. The number of hydrogen-bond acceptors (Lipinski definition) is 2. The molecule has 0 amide bonds. The molecule has 0 bridgehead atoms. The molecule has 2 unspecified atom stereocenters. The van der Waals surface area contributed by atoms with Crippen molar-refractivity contribution in [1.82, 2.24) is 0 Å². The second kappa shape index (κ2) is 5.01. The summed E-state index contributed by atoms with van der Waals surface area (Å²) in [6.45, 7) is 4.05. The van der Waals surface area contributed by atoms with Gasteiger partial charge < -0.3 is 4.52 Å². The van der Waals surface area contributed by atoms with E-state index in [1.54, 1.807) is 0 Å². The summed E-state index contributed by atoms with van der Waals surface area (Å²) in [4.78, 5) is 0. The van der Waals surface area contributed by atoms with Gasteiger partial charge in [0.25, 0.3) is 0 Å². The Morgan fingerprint density at radius 3 is 2.56 bits per heavy atom. The van der Waals surface area contributed by atoms with Gasteiger partial charge in [-0.15, -0.1) is 0 Å². The van der Waals surface area contributed by atoms with E-state index >= 15 is 0 Å². The van der Waals surface area contributed by atoms with Gasteiger partial charge in [0, 0.05) is 12.8 Å². The van der Waals surface area contributed by atoms with Gasteiger partial charge in [-0.2, -0.15) is 0 Å². The standard InChI is InChI=1S/C6H15O2P/c1-4-5-6(2)9(7)8-3/h6,9H,4-5H2,1-3H3. The minimum Gasteiger partial charge on any atom is -0.334 e. The van der Waals surface area contributed by atoms with Crippen molar-refractivity contribution < 1.29 is 9.09 Å². The van der Waals surface area contributed by atoms with Crippen LogP contribution in [0.1, 0.15) is 26.7 Å². The zero-order valence-electron chi connectivity index (χ0n) is 6.31. The predicted molar refractivity (Wildman–Crippen MR) is 40.4 cm³/mol. The molecule has 0 radical (unpaired) electrons. The summed E-state index contributed by atoms with van der Waals surface area (Å²) in [5, 5.41) is 0. The highest BCUT2D eigenvalue weighted by Crippen LogP contribution is 2.30. The molecule has 0 fully saturated rings. The molecule has 0 N–H and O–H groups in total. The fraction of sp³-hybridized carbons (Fsp3) is 1.00. The molecule has 0 saturated heterocycles. The molecule has 3 heteroatoms. The van der Waals surface area contributed by atoms with Crippen LogP contribution in [0.4, 0.5) is 0 Å². The summed E-state index contributed by atoms with van der Waals surface area (Å²) in [6.07, 6.45) is 2.09. The van der Waals surface area contributed by atoms with Crippen molar-refractivity contribution in [3.8, 4) is 0 Å². The average Bonchev–Trinajstić information content (AvgIpc) is 1.87. The zero-order chi connectivity index (χ0) is 7.28. The monoisotopic (exact) mass is 150 g/mol. The maximum Gasteiger partial charge on any atom is 0.194 e. The van der Waals surface area contributed by atoms with Gasteiger partial charge in [-0.25, -0.2) is 0 Å². The molecule has 0 aliphatic rings. The van der Waals surface area contributed by atoms with E-state index in [1.165, 1.54) is 7.11 Å². The lowest BCUT2D eigenvalue weighted by molar-refractivity contribution is 0.404. The number of hydrogen-bond donors (Lipinski definition) is 0. The molecule has 0 aliphatic heterocycles. The van der Waals surface area contributed by atoms with Crippen LogP contribution in [0.25, 0.3) is 0 Å². The third-order valence-corrected chi connectivity index (χ3v) is 2.82. The lowest BCUT2D eigenvalue weighted by Gasteiger charge is -2.06. The Labute approximate surface area is 57.5 Å². The number of rotatable bonds is 4. The van der Waals surface area contributed by atoms with E-state index in [-0.39, 0.29) is 5.66 Å². The highest BCUT2D eigenvalue weighted by atomic mass is 31.1. The van der Waals surface area contributed by atoms with Crippen LogP contribution in [0.5, 0.6) is 0 Å². The summed E-state index contributed by atoms with van der Waals surface area (Å²) in [6, 6.07) is 0. The van der Waals surface area contributed by atoms with Crippen LogP contribution in [0, 0.1) is 0 Å². The molecule has 0 aliphatic carbocycles. The van der Waals surface area contributed by atoms with E-state index < -0.39 is 8.03 Å².